The molecule has 0 amide bonds. The summed E-state index contributed by atoms with van der Waals surface area (Å²) in [7, 11) is 0. The van der Waals surface area contributed by atoms with E-state index in [1.807, 2.05) is 17.1 Å². The molecular weight excluding hydrogens is 238 g/mol. The Morgan fingerprint density at radius 3 is 2.89 bits per heavy atom. The van der Waals surface area contributed by atoms with Gasteiger partial charge in [-0.25, -0.2) is 9.97 Å². The van der Waals surface area contributed by atoms with Crippen molar-refractivity contribution in [3.05, 3.63) is 23.7 Å². The smallest absolute Gasteiger partial charge is 0.164 e. The highest BCUT2D eigenvalue weighted by Gasteiger charge is 2.19. The maximum Gasteiger partial charge on any atom is 0.164 e. The predicted molar refractivity (Wildman–Crippen MR) is 75.1 cm³/mol. The van der Waals surface area contributed by atoms with E-state index >= 15 is 0 Å². The number of rotatable bonds is 4. The summed E-state index contributed by atoms with van der Waals surface area (Å²) in [4.78, 5) is 9.39. The predicted octanol–water partition coefficient (Wildman–Crippen LogP) is 2.28. The van der Waals surface area contributed by atoms with Crippen molar-refractivity contribution >= 4 is 5.82 Å². The number of anilines is 1. The topological polar surface area (TPSA) is 55.6 Å². The third-order valence-electron chi connectivity index (χ3n) is 3.49. The minimum atomic E-state index is 0.788. The van der Waals surface area contributed by atoms with Crippen molar-refractivity contribution in [2.24, 2.45) is 0 Å². The number of nitrogens with one attached hydrogen (secondary N) is 1. The van der Waals surface area contributed by atoms with E-state index in [0.717, 1.165) is 43.1 Å². The first-order chi connectivity index (χ1) is 9.31. The average molecular weight is 257 g/mol. The van der Waals surface area contributed by atoms with Crippen molar-refractivity contribution in [2.45, 2.75) is 39.7 Å². The molecule has 2 aromatic rings. The molecule has 0 saturated heterocycles. The molecule has 0 spiro atoms. The number of aryl methyl sites for hydroxylation is 2. The van der Waals surface area contributed by atoms with Crippen molar-refractivity contribution in [3.8, 4) is 11.4 Å². The molecule has 5 heteroatoms. The van der Waals surface area contributed by atoms with Gasteiger partial charge in [0.05, 0.1) is 11.8 Å². The number of aromatic nitrogens is 4. The van der Waals surface area contributed by atoms with Crippen LogP contribution in [0.1, 0.15) is 31.5 Å². The van der Waals surface area contributed by atoms with Crippen molar-refractivity contribution in [2.75, 3.05) is 11.9 Å². The zero-order valence-electron chi connectivity index (χ0n) is 11.5. The van der Waals surface area contributed by atoms with Crippen molar-refractivity contribution in [1.82, 2.24) is 19.7 Å². The molecule has 19 heavy (non-hydrogen) atoms. The van der Waals surface area contributed by atoms with Gasteiger partial charge in [0, 0.05) is 30.5 Å². The molecule has 3 rings (SSSR count). The molecule has 0 radical (unpaired) electrons. The molecule has 0 aromatic carbocycles. The van der Waals surface area contributed by atoms with Crippen molar-refractivity contribution in [1.29, 1.82) is 0 Å². The third kappa shape index (κ3) is 2.20. The summed E-state index contributed by atoms with van der Waals surface area (Å²) in [6.07, 6.45) is 7.18. The SMILES string of the molecule is CCNc1nc(-c2cnn(CC)c2)nc2c1CCC2. The molecule has 5 nitrogen and oxygen atoms in total. The first kappa shape index (κ1) is 12.1. The second-order valence-corrected chi connectivity index (χ2v) is 4.79. The largest absolute Gasteiger partial charge is 0.370 e. The molecule has 100 valence electrons. The normalized spacial score (nSPS) is 13.6. The Morgan fingerprint density at radius 2 is 2.16 bits per heavy atom. The van der Waals surface area contributed by atoms with Gasteiger partial charge in [-0.05, 0) is 33.1 Å². The molecule has 1 N–H and O–H groups in total. The van der Waals surface area contributed by atoms with Crippen LogP contribution < -0.4 is 5.32 Å². The van der Waals surface area contributed by atoms with Gasteiger partial charge in [0.25, 0.3) is 0 Å². The minimum Gasteiger partial charge on any atom is -0.370 e. The fourth-order valence-corrected chi connectivity index (χ4v) is 2.53. The minimum absolute atomic E-state index is 0.788. The van der Waals surface area contributed by atoms with E-state index < -0.39 is 0 Å². The number of fused-ring (bicyclic) bond motifs is 1. The fraction of sp³-hybridized carbons (Fsp3) is 0.500. The molecule has 2 aromatic heterocycles. The molecule has 2 heterocycles. The molecule has 0 saturated carbocycles. The van der Waals surface area contributed by atoms with E-state index in [0.29, 0.717) is 0 Å². The van der Waals surface area contributed by atoms with Gasteiger partial charge >= 0.3 is 0 Å². The van der Waals surface area contributed by atoms with E-state index in [4.69, 9.17) is 4.98 Å². The number of hydrogen-bond donors (Lipinski definition) is 1. The molecular formula is C14H19N5. The summed E-state index contributed by atoms with van der Waals surface area (Å²) >= 11 is 0. The Bertz CT molecular complexity index is 588. The summed E-state index contributed by atoms with van der Waals surface area (Å²) in [5, 5.41) is 7.66. The van der Waals surface area contributed by atoms with Crippen molar-refractivity contribution < 1.29 is 0 Å². The van der Waals surface area contributed by atoms with Crippen LogP contribution in [-0.2, 0) is 19.4 Å². The van der Waals surface area contributed by atoms with Gasteiger partial charge in [0.1, 0.15) is 5.82 Å². The lowest BCUT2D eigenvalue weighted by Crippen LogP contribution is -2.06. The molecule has 0 unspecified atom stereocenters. The van der Waals surface area contributed by atoms with Crippen LogP contribution in [0.3, 0.4) is 0 Å². The Balaban J connectivity index is 2.04. The maximum absolute atomic E-state index is 4.71. The summed E-state index contributed by atoms with van der Waals surface area (Å²) in [5.41, 5.74) is 3.49. The second kappa shape index (κ2) is 4.99. The van der Waals surface area contributed by atoms with Gasteiger partial charge < -0.3 is 5.32 Å². The molecule has 1 aliphatic rings. The lowest BCUT2D eigenvalue weighted by molar-refractivity contribution is 0.660. The van der Waals surface area contributed by atoms with Crippen LogP contribution in [0.15, 0.2) is 12.4 Å². The van der Waals surface area contributed by atoms with Gasteiger partial charge in [-0.15, -0.1) is 0 Å². The van der Waals surface area contributed by atoms with Crippen LogP contribution in [0.25, 0.3) is 11.4 Å². The molecule has 0 aliphatic heterocycles. The first-order valence-electron chi connectivity index (χ1n) is 6.98. The fourth-order valence-electron chi connectivity index (χ4n) is 2.53. The zero-order chi connectivity index (χ0) is 13.2. The highest BCUT2D eigenvalue weighted by molar-refractivity contribution is 5.59. The molecule has 1 aliphatic carbocycles. The average Bonchev–Trinajstić information content (AvgIpc) is 3.07. The zero-order valence-corrected chi connectivity index (χ0v) is 11.5. The standard InChI is InChI=1S/C14H19N5/c1-3-15-14-11-6-5-7-12(11)17-13(18-14)10-8-16-19(4-2)9-10/h8-9H,3-7H2,1-2H3,(H,15,17,18). The van der Waals surface area contributed by atoms with Gasteiger partial charge in [-0.1, -0.05) is 0 Å². The quantitative estimate of drug-likeness (QED) is 0.913. The summed E-state index contributed by atoms with van der Waals surface area (Å²) in [6.45, 7) is 5.92. The van der Waals surface area contributed by atoms with E-state index in [9.17, 15) is 0 Å². The number of nitrogens with zero attached hydrogens (tertiary/aromatic N) is 4. The summed E-state index contributed by atoms with van der Waals surface area (Å²) in [5.74, 6) is 1.79. The first-order valence-corrected chi connectivity index (χ1v) is 6.98. The van der Waals surface area contributed by atoms with Crippen LogP contribution in [0.2, 0.25) is 0 Å². The number of hydrogen-bond acceptors (Lipinski definition) is 4. The Kier molecular flexibility index (Phi) is 3.19. The van der Waals surface area contributed by atoms with Crippen molar-refractivity contribution in [3.63, 3.8) is 0 Å². The highest BCUT2D eigenvalue weighted by Crippen LogP contribution is 2.28. The van der Waals surface area contributed by atoms with E-state index in [-0.39, 0.29) is 0 Å². The van der Waals surface area contributed by atoms with Crippen LogP contribution in [0.5, 0.6) is 0 Å². The maximum atomic E-state index is 4.71. The molecule has 0 fully saturated rings. The summed E-state index contributed by atoms with van der Waals surface area (Å²) in [6, 6.07) is 0. The Hall–Kier alpha value is -1.91. The van der Waals surface area contributed by atoms with Crippen LogP contribution in [0.4, 0.5) is 5.82 Å². The van der Waals surface area contributed by atoms with Gasteiger partial charge in [0.2, 0.25) is 0 Å². The van der Waals surface area contributed by atoms with Crippen LogP contribution in [-0.4, -0.2) is 26.3 Å². The van der Waals surface area contributed by atoms with E-state index in [1.54, 1.807) is 0 Å². The lowest BCUT2D eigenvalue weighted by Gasteiger charge is -2.10. The van der Waals surface area contributed by atoms with Crippen LogP contribution >= 0.6 is 0 Å². The van der Waals surface area contributed by atoms with Gasteiger partial charge in [-0.3, -0.25) is 4.68 Å². The molecule has 0 atom stereocenters. The Morgan fingerprint density at radius 1 is 1.26 bits per heavy atom. The monoisotopic (exact) mass is 257 g/mol. The molecule has 0 bridgehead atoms. The van der Waals surface area contributed by atoms with Gasteiger partial charge in [0.15, 0.2) is 5.82 Å². The summed E-state index contributed by atoms with van der Waals surface area (Å²) < 4.78 is 1.90. The lowest BCUT2D eigenvalue weighted by atomic mass is 10.2. The van der Waals surface area contributed by atoms with Crippen LogP contribution in [0, 0.1) is 0 Å². The third-order valence-corrected chi connectivity index (χ3v) is 3.49. The van der Waals surface area contributed by atoms with E-state index in [2.05, 4.69) is 29.2 Å². The van der Waals surface area contributed by atoms with E-state index in [1.165, 1.54) is 17.7 Å². The highest BCUT2D eigenvalue weighted by atomic mass is 15.3. The second-order valence-electron chi connectivity index (χ2n) is 4.79. The Labute approximate surface area is 113 Å². The van der Waals surface area contributed by atoms with Gasteiger partial charge in [-0.2, -0.15) is 5.10 Å².